The Labute approximate surface area is 186 Å². The van der Waals surface area contributed by atoms with Gasteiger partial charge in [0.2, 0.25) is 0 Å². The lowest BCUT2D eigenvalue weighted by molar-refractivity contribution is -0.893. The molecule has 0 radical (unpaired) electrons. The first-order valence-corrected chi connectivity index (χ1v) is 12.2. The van der Waals surface area contributed by atoms with Gasteiger partial charge in [-0.1, -0.05) is 84.1 Å². The average Bonchev–Trinajstić information content (AvgIpc) is 2.67. The monoisotopic (exact) mass is 428 g/mol. The maximum Gasteiger partial charge on any atom is 0.333 e. The van der Waals surface area contributed by atoms with E-state index in [1.165, 1.54) is 70.6 Å². The Bertz CT molecular complexity index is 437. The standard InChI is InChI=1S/C25H50NO4/c1-6-7-8-9-10-11-12-13-14-15-16-17-19-29-22-24(27)21-26(4,5)18-20-30-25(28)23(2)3/h24,27H,2,6-22H2,1,3-5H3/q+1. The Morgan fingerprint density at radius 2 is 1.40 bits per heavy atom. The summed E-state index contributed by atoms with van der Waals surface area (Å²) in [7, 11) is 4.03. The largest absolute Gasteiger partial charge is 0.456 e. The number of quaternary nitrogens is 1. The third-order valence-electron chi connectivity index (χ3n) is 5.44. The van der Waals surface area contributed by atoms with Crippen LogP contribution in [0.15, 0.2) is 12.2 Å². The number of hydrogen-bond acceptors (Lipinski definition) is 4. The van der Waals surface area contributed by atoms with Crippen molar-refractivity contribution in [2.45, 2.75) is 97.0 Å². The van der Waals surface area contributed by atoms with Crippen molar-refractivity contribution in [3.63, 3.8) is 0 Å². The molecule has 1 atom stereocenters. The van der Waals surface area contributed by atoms with Crippen LogP contribution in [-0.2, 0) is 14.3 Å². The molecular formula is C25H50NO4+. The minimum absolute atomic E-state index is 0.325. The number of aliphatic hydroxyl groups is 1. The number of nitrogens with zero attached hydrogens (tertiary/aromatic N) is 1. The second-order valence-electron chi connectivity index (χ2n) is 9.38. The molecule has 0 aliphatic rings. The molecule has 0 fully saturated rings. The third-order valence-corrected chi connectivity index (χ3v) is 5.44. The zero-order valence-electron chi connectivity index (χ0n) is 20.4. The maximum atomic E-state index is 11.4. The molecule has 0 heterocycles. The topological polar surface area (TPSA) is 55.8 Å². The lowest BCUT2D eigenvalue weighted by Gasteiger charge is -2.31. The fraction of sp³-hybridized carbons (Fsp3) is 0.880. The number of carbonyl (C=O) groups is 1. The molecule has 178 valence electrons. The maximum absolute atomic E-state index is 11.4. The third kappa shape index (κ3) is 19.1. The number of rotatable bonds is 21. The summed E-state index contributed by atoms with van der Waals surface area (Å²) in [5.74, 6) is -0.360. The van der Waals surface area contributed by atoms with Crippen LogP contribution in [0.2, 0.25) is 0 Å². The van der Waals surface area contributed by atoms with E-state index in [0.29, 0.717) is 36.4 Å². The van der Waals surface area contributed by atoms with E-state index in [0.717, 1.165) is 13.0 Å². The van der Waals surface area contributed by atoms with Gasteiger partial charge in [-0.25, -0.2) is 4.79 Å². The van der Waals surface area contributed by atoms with Gasteiger partial charge in [0.15, 0.2) is 0 Å². The second-order valence-corrected chi connectivity index (χ2v) is 9.38. The van der Waals surface area contributed by atoms with Crippen LogP contribution in [-0.4, -0.2) is 68.7 Å². The lowest BCUT2D eigenvalue weighted by Crippen LogP contribution is -2.48. The number of ether oxygens (including phenoxy) is 2. The highest BCUT2D eigenvalue weighted by molar-refractivity contribution is 5.86. The predicted octanol–water partition coefficient (Wildman–Crippen LogP) is 5.26. The van der Waals surface area contributed by atoms with Crippen molar-refractivity contribution < 1.29 is 23.9 Å². The van der Waals surface area contributed by atoms with Gasteiger partial charge in [0.1, 0.15) is 25.8 Å². The molecule has 0 rings (SSSR count). The van der Waals surface area contributed by atoms with Gasteiger partial charge >= 0.3 is 5.97 Å². The molecule has 0 saturated heterocycles. The van der Waals surface area contributed by atoms with Crippen LogP contribution in [0.4, 0.5) is 0 Å². The quantitative estimate of drug-likeness (QED) is 0.117. The summed E-state index contributed by atoms with van der Waals surface area (Å²) in [6, 6.07) is 0. The average molecular weight is 429 g/mol. The Hall–Kier alpha value is -0.910. The van der Waals surface area contributed by atoms with E-state index >= 15 is 0 Å². The van der Waals surface area contributed by atoms with Gasteiger partial charge in [-0.3, -0.25) is 0 Å². The highest BCUT2D eigenvalue weighted by atomic mass is 16.5. The van der Waals surface area contributed by atoms with Crippen molar-refractivity contribution in [1.82, 2.24) is 0 Å². The number of esters is 1. The molecule has 0 amide bonds. The van der Waals surface area contributed by atoms with Crippen LogP contribution >= 0.6 is 0 Å². The Morgan fingerprint density at radius 3 is 1.90 bits per heavy atom. The summed E-state index contributed by atoms with van der Waals surface area (Å²) < 4.78 is 11.4. The highest BCUT2D eigenvalue weighted by Crippen LogP contribution is 2.12. The van der Waals surface area contributed by atoms with Gasteiger partial charge < -0.3 is 19.1 Å². The van der Waals surface area contributed by atoms with E-state index < -0.39 is 6.10 Å². The van der Waals surface area contributed by atoms with Crippen LogP contribution < -0.4 is 0 Å². The van der Waals surface area contributed by atoms with Gasteiger partial charge in [-0.2, -0.15) is 0 Å². The molecule has 0 aliphatic carbocycles. The predicted molar refractivity (Wildman–Crippen MR) is 126 cm³/mol. The van der Waals surface area contributed by atoms with Crippen LogP contribution in [0.1, 0.15) is 90.9 Å². The van der Waals surface area contributed by atoms with Crippen molar-refractivity contribution in [2.24, 2.45) is 0 Å². The summed E-state index contributed by atoms with van der Waals surface area (Å²) in [5.41, 5.74) is 0.409. The van der Waals surface area contributed by atoms with Crippen LogP contribution in [0.25, 0.3) is 0 Å². The summed E-state index contributed by atoms with van der Waals surface area (Å²) in [5, 5.41) is 10.2. The number of hydrogen-bond donors (Lipinski definition) is 1. The second kappa shape index (κ2) is 18.8. The lowest BCUT2D eigenvalue weighted by atomic mass is 10.1. The van der Waals surface area contributed by atoms with Gasteiger partial charge in [0.05, 0.1) is 20.7 Å². The summed E-state index contributed by atoms with van der Waals surface area (Å²) in [4.78, 5) is 11.4. The molecule has 5 nitrogen and oxygen atoms in total. The first-order valence-electron chi connectivity index (χ1n) is 12.2. The fourth-order valence-corrected chi connectivity index (χ4v) is 3.49. The van der Waals surface area contributed by atoms with Gasteiger partial charge in [0.25, 0.3) is 0 Å². The Kier molecular flexibility index (Phi) is 18.3. The number of likely N-dealkylation sites (N-methyl/N-ethyl adjacent to an activating group) is 1. The summed E-state index contributed by atoms with van der Waals surface area (Å²) >= 11 is 0. The Morgan fingerprint density at radius 1 is 0.900 bits per heavy atom. The molecule has 30 heavy (non-hydrogen) atoms. The number of carbonyl (C=O) groups excluding carboxylic acids is 1. The first-order chi connectivity index (χ1) is 14.3. The highest BCUT2D eigenvalue weighted by Gasteiger charge is 2.21. The normalized spacial score (nSPS) is 12.7. The van der Waals surface area contributed by atoms with Crippen LogP contribution in [0.3, 0.4) is 0 Å². The van der Waals surface area contributed by atoms with E-state index in [9.17, 15) is 9.90 Å². The molecule has 0 aromatic heterocycles. The minimum atomic E-state index is -0.505. The molecule has 1 unspecified atom stereocenters. The fourth-order valence-electron chi connectivity index (χ4n) is 3.49. The SMILES string of the molecule is C=C(C)C(=O)OCC[N+](C)(C)CC(O)COCCCCCCCCCCCCCC. The minimum Gasteiger partial charge on any atom is -0.456 e. The van der Waals surface area contributed by atoms with Crippen LogP contribution in [0.5, 0.6) is 0 Å². The summed E-state index contributed by atoms with van der Waals surface area (Å²) in [6.45, 7) is 10.1. The molecule has 0 aromatic carbocycles. The number of unbranched alkanes of at least 4 members (excludes halogenated alkanes) is 11. The molecule has 0 aromatic rings. The zero-order chi connectivity index (χ0) is 22.7. The van der Waals surface area contributed by atoms with Gasteiger partial charge in [0, 0.05) is 12.2 Å². The smallest absolute Gasteiger partial charge is 0.333 e. The van der Waals surface area contributed by atoms with Crippen molar-refractivity contribution in [2.75, 3.05) is 47.0 Å². The molecule has 0 saturated carbocycles. The molecule has 0 bridgehead atoms. The first kappa shape index (κ1) is 29.1. The van der Waals surface area contributed by atoms with Crippen molar-refractivity contribution in [3.8, 4) is 0 Å². The number of aliphatic hydroxyl groups excluding tert-OH is 1. The van der Waals surface area contributed by atoms with Crippen molar-refractivity contribution >= 4 is 5.97 Å². The molecule has 0 aliphatic heterocycles. The van der Waals surface area contributed by atoms with E-state index in [1.807, 2.05) is 14.1 Å². The van der Waals surface area contributed by atoms with E-state index in [1.54, 1.807) is 6.92 Å². The van der Waals surface area contributed by atoms with Gasteiger partial charge in [-0.05, 0) is 13.3 Å². The van der Waals surface area contributed by atoms with Gasteiger partial charge in [-0.15, -0.1) is 0 Å². The van der Waals surface area contributed by atoms with E-state index in [-0.39, 0.29) is 5.97 Å². The van der Waals surface area contributed by atoms with Crippen molar-refractivity contribution in [1.29, 1.82) is 0 Å². The molecular weight excluding hydrogens is 378 g/mol. The molecule has 5 heteroatoms. The molecule has 1 N–H and O–H groups in total. The van der Waals surface area contributed by atoms with E-state index in [4.69, 9.17) is 9.47 Å². The zero-order valence-corrected chi connectivity index (χ0v) is 20.4. The summed E-state index contributed by atoms with van der Waals surface area (Å²) in [6.07, 6.45) is 15.5. The van der Waals surface area contributed by atoms with Crippen molar-refractivity contribution in [3.05, 3.63) is 12.2 Å². The van der Waals surface area contributed by atoms with E-state index in [2.05, 4.69) is 13.5 Å². The molecule has 0 spiro atoms. The van der Waals surface area contributed by atoms with Crippen LogP contribution in [0, 0.1) is 0 Å². The Balaban J connectivity index is 3.50.